The van der Waals surface area contributed by atoms with Crippen LogP contribution in [-0.4, -0.2) is 32.1 Å². The third-order valence-electron chi connectivity index (χ3n) is 4.19. The molecular formula is C20H18N2O5. The lowest BCUT2D eigenvalue weighted by Crippen LogP contribution is -2.54. The molecule has 1 fully saturated rings. The van der Waals surface area contributed by atoms with Crippen molar-refractivity contribution < 1.29 is 23.9 Å². The van der Waals surface area contributed by atoms with Crippen LogP contribution in [0.25, 0.3) is 6.08 Å². The predicted octanol–water partition coefficient (Wildman–Crippen LogP) is 2.68. The van der Waals surface area contributed by atoms with Crippen molar-refractivity contribution in [2.75, 3.05) is 19.1 Å². The van der Waals surface area contributed by atoms with Crippen LogP contribution in [0.5, 0.6) is 11.5 Å². The number of nitrogens with zero attached hydrogens (tertiary/aromatic N) is 1. The minimum Gasteiger partial charge on any atom is -0.493 e. The molecule has 0 unspecified atom stereocenters. The van der Waals surface area contributed by atoms with Gasteiger partial charge in [-0.05, 0) is 30.7 Å². The Hall–Kier alpha value is -3.61. The van der Waals surface area contributed by atoms with Crippen LogP contribution in [-0.2, 0) is 9.59 Å². The summed E-state index contributed by atoms with van der Waals surface area (Å²) in [6.45, 7) is 1.78. The molecule has 0 bridgehead atoms. The molecule has 4 amide bonds. The number of rotatable bonds is 4. The van der Waals surface area contributed by atoms with E-state index in [1.807, 2.05) is 0 Å². The number of imide groups is 2. The Labute approximate surface area is 156 Å². The summed E-state index contributed by atoms with van der Waals surface area (Å²) >= 11 is 0. The first-order chi connectivity index (χ1) is 13.0. The van der Waals surface area contributed by atoms with Crippen LogP contribution < -0.4 is 19.7 Å². The molecule has 0 aliphatic carbocycles. The van der Waals surface area contributed by atoms with Crippen LogP contribution in [0.2, 0.25) is 0 Å². The van der Waals surface area contributed by atoms with Gasteiger partial charge in [-0.1, -0.05) is 30.3 Å². The van der Waals surface area contributed by atoms with E-state index < -0.39 is 17.8 Å². The topological polar surface area (TPSA) is 84.9 Å². The molecule has 138 valence electrons. The molecule has 1 heterocycles. The Morgan fingerprint density at radius 2 is 1.70 bits per heavy atom. The van der Waals surface area contributed by atoms with Crippen molar-refractivity contribution in [1.82, 2.24) is 5.32 Å². The van der Waals surface area contributed by atoms with Gasteiger partial charge < -0.3 is 9.47 Å². The number of barbiturate groups is 1. The molecule has 1 saturated heterocycles. The summed E-state index contributed by atoms with van der Waals surface area (Å²) in [5, 5.41) is 2.21. The van der Waals surface area contributed by atoms with Gasteiger partial charge in [0.25, 0.3) is 11.8 Å². The number of ether oxygens (including phenoxy) is 2. The molecule has 2 aromatic rings. The zero-order valence-electron chi connectivity index (χ0n) is 15.1. The van der Waals surface area contributed by atoms with Crippen molar-refractivity contribution in [3.05, 3.63) is 59.2 Å². The smallest absolute Gasteiger partial charge is 0.335 e. The highest BCUT2D eigenvalue weighted by Gasteiger charge is 2.37. The molecule has 27 heavy (non-hydrogen) atoms. The first kappa shape index (κ1) is 18.2. The Morgan fingerprint density at radius 1 is 0.963 bits per heavy atom. The molecule has 0 atom stereocenters. The second kappa shape index (κ2) is 7.33. The zero-order chi connectivity index (χ0) is 19.6. The molecule has 1 aliphatic heterocycles. The second-order valence-electron chi connectivity index (χ2n) is 5.83. The van der Waals surface area contributed by atoms with Gasteiger partial charge >= 0.3 is 6.03 Å². The molecule has 0 saturated carbocycles. The number of amides is 4. The van der Waals surface area contributed by atoms with Crippen LogP contribution in [0.4, 0.5) is 10.5 Å². The van der Waals surface area contributed by atoms with Gasteiger partial charge in [0.15, 0.2) is 11.5 Å². The van der Waals surface area contributed by atoms with Crippen LogP contribution >= 0.6 is 0 Å². The Balaban J connectivity index is 2.09. The minimum absolute atomic E-state index is 0.176. The number of carbonyl (C=O) groups excluding carboxylic acids is 3. The fourth-order valence-electron chi connectivity index (χ4n) is 2.87. The summed E-state index contributed by atoms with van der Waals surface area (Å²) in [7, 11) is 2.96. The molecule has 7 nitrogen and oxygen atoms in total. The number of hydrogen-bond acceptors (Lipinski definition) is 5. The van der Waals surface area contributed by atoms with Gasteiger partial charge in [0.05, 0.1) is 19.9 Å². The number of hydrogen-bond donors (Lipinski definition) is 1. The molecule has 3 rings (SSSR count). The van der Waals surface area contributed by atoms with Crippen LogP contribution in [0.1, 0.15) is 11.1 Å². The number of nitrogens with one attached hydrogen (secondary N) is 1. The van der Waals surface area contributed by atoms with Crippen molar-refractivity contribution in [3.8, 4) is 11.5 Å². The largest absolute Gasteiger partial charge is 0.493 e. The zero-order valence-corrected chi connectivity index (χ0v) is 15.1. The number of aryl methyl sites for hydroxylation is 1. The van der Waals surface area contributed by atoms with Gasteiger partial charge in [-0.2, -0.15) is 0 Å². The quantitative estimate of drug-likeness (QED) is 0.664. The Morgan fingerprint density at radius 3 is 2.37 bits per heavy atom. The monoisotopic (exact) mass is 366 g/mol. The molecule has 1 N–H and O–H groups in total. The predicted molar refractivity (Wildman–Crippen MR) is 99.7 cm³/mol. The summed E-state index contributed by atoms with van der Waals surface area (Å²) in [5.74, 6) is -0.627. The summed E-state index contributed by atoms with van der Waals surface area (Å²) in [4.78, 5) is 38.5. The first-order valence-corrected chi connectivity index (χ1v) is 8.16. The molecule has 2 aromatic carbocycles. The van der Waals surface area contributed by atoms with E-state index in [1.54, 1.807) is 49.4 Å². The average Bonchev–Trinajstić information content (AvgIpc) is 2.66. The summed E-state index contributed by atoms with van der Waals surface area (Å²) in [6, 6.07) is 11.3. The molecule has 0 radical (unpaired) electrons. The van der Waals surface area contributed by atoms with Gasteiger partial charge in [-0.25, -0.2) is 9.69 Å². The summed E-state index contributed by atoms with van der Waals surface area (Å²) in [5.41, 5.74) is 1.45. The number of para-hydroxylation sites is 2. The average molecular weight is 366 g/mol. The van der Waals surface area contributed by atoms with E-state index in [9.17, 15) is 14.4 Å². The van der Waals surface area contributed by atoms with Gasteiger partial charge in [0.2, 0.25) is 0 Å². The van der Waals surface area contributed by atoms with Crippen LogP contribution in [0, 0.1) is 6.92 Å². The van der Waals surface area contributed by atoms with E-state index in [0.717, 1.165) is 10.5 Å². The molecule has 7 heteroatoms. The third-order valence-corrected chi connectivity index (χ3v) is 4.19. The summed E-state index contributed by atoms with van der Waals surface area (Å²) in [6.07, 6.45) is 1.39. The fourth-order valence-corrected chi connectivity index (χ4v) is 2.87. The third kappa shape index (κ3) is 3.27. The van der Waals surface area contributed by atoms with E-state index in [0.29, 0.717) is 22.7 Å². The number of anilines is 1. The van der Waals surface area contributed by atoms with E-state index in [2.05, 4.69) is 5.32 Å². The Kier molecular flexibility index (Phi) is 4.94. The molecular weight excluding hydrogens is 348 g/mol. The van der Waals surface area contributed by atoms with Gasteiger partial charge in [0, 0.05) is 5.56 Å². The maximum Gasteiger partial charge on any atom is 0.335 e. The highest BCUT2D eigenvalue weighted by atomic mass is 16.5. The van der Waals surface area contributed by atoms with Crippen molar-refractivity contribution in [2.45, 2.75) is 6.92 Å². The van der Waals surface area contributed by atoms with E-state index >= 15 is 0 Å². The van der Waals surface area contributed by atoms with Gasteiger partial charge in [0.1, 0.15) is 5.57 Å². The van der Waals surface area contributed by atoms with E-state index in [-0.39, 0.29) is 5.57 Å². The van der Waals surface area contributed by atoms with E-state index in [4.69, 9.17) is 9.47 Å². The van der Waals surface area contributed by atoms with Crippen molar-refractivity contribution in [2.24, 2.45) is 0 Å². The maximum atomic E-state index is 13.0. The van der Waals surface area contributed by atoms with Crippen molar-refractivity contribution in [1.29, 1.82) is 0 Å². The highest BCUT2D eigenvalue weighted by molar-refractivity contribution is 6.39. The standard InChI is InChI=1S/C20H18N2O5/c1-12-7-4-5-9-15(12)22-19(24)14(18(23)21-20(22)25)11-13-8-6-10-16(26-2)17(13)27-3/h4-11H,1-3H3,(H,21,23,25)/b14-11-. The van der Waals surface area contributed by atoms with Crippen LogP contribution in [0.15, 0.2) is 48.0 Å². The molecule has 0 spiro atoms. The van der Waals surface area contributed by atoms with E-state index in [1.165, 1.54) is 20.3 Å². The number of carbonyl (C=O) groups is 3. The van der Waals surface area contributed by atoms with Gasteiger partial charge in [-0.3, -0.25) is 14.9 Å². The number of urea groups is 1. The number of benzene rings is 2. The lowest BCUT2D eigenvalue weighted by atomic mass is 10.0. The Bertz CT molecular complexity index is 965. The lowest BCUT2D eigenvalue weighted by molar-refractivity contribution is -0.122. The summed E-state index contributed by atoms with van der Waals surface area (Å²) < 4.78 is 10.6. The molecule has 0 aromatic heterocycles. The lowest BCUT2D eigenvalue weighted by Gasteiger charge is -2.27. The maximum absolute atomic E-state index is 13.0. The van der Waals surface area contributed by atoms with Gasteiger partial charge in [-0.15, -0.1) is 0 Å². The van der Waals surface area contributed by atoms with Crippen molar-refractivity contribution >= 4 is 29.6 Å². The normalized spacial score (nSPS) is 15.7. The number of methoxy groups -OCH3 is 2. The highest BCUT2D eigenvalue weighted by Crippen LogP contribution is 2.33. The van der Waals surface area contributed by atoms with Crippen molar-refractivity contribution in [3.63, 3.8) is 0 Å². The van der Waals surface area contributed by atoms with Crippen LogP contribution in [0.3, 0.4) is 0 Å². The first-order valence-electron chi connectivity index (χ1n) is 8.16. The minimum atomic E-state index is -0.783. The molecule has 1 aliphatic rings. The second-order valence-corrected chi connectivity index (χ2v) is 5.83. The fraction of sp³-hybridized carbons (Fsp3) is 0.150. The SMILES string of the molecule is COc1cccc(/C=C2/C(=O)NC(=O)N(c3ccccc3C)C2=O)c1OC.